The van der Waals surface area contributed by atoms with Crippen LogP contribution in [0.1, 0.15) is 87.0 Å². The van der Waals surface area contributed by atoms with E-state index in [1.54, 1.807) is 32.9 Å². The molecule has 234 valence electrons. The van der Waals surface area contributed by atoms with Crippen LogP contribution in [0.5, 0.6) is 5.75 Å². The summed E-state index contributed by atoms with van der Waals surface area (Å²) in [5.74, 6) is -9.99. The molecular weight excluding hydrogens is 657 g/mol. The van der Waals surface area contributed by atoms with E-state index >= 15 is 0 Å². The number of esters is 1. The molecule has 1 amide bonds. The van der Waals surface area contributed by atoms with E-state index in [0.29, 0.717) is 5.69 Å². The van der Waals surface area contributed by atoms with Gasteiger partial charge in [0.2, 0.25) is 0 Å². The molecule has 0 radical (unpaired) electrons. The van der Waals surface area contributed by atoms with Gasteiger partial charge in [-0.05, 0) is 0 Å². The zero-order valence-electron chi connectivity index (χ0n) is 25.9. The van der Waals surface area contributed by atoms with Crippen molar-refractivity contribution >= 4 is 39.7 Å². The fourth-order valence-electron chi connectivity index (χ4n) is 5.05. The third-order valence-corrected chi connectivity index (χ3v) is 23.1. The van der Waals surface area contributed by atoms with Gasteiger partial charge in [-0.3, -0.25) is 0 Å². The third-order valence-electron chi connectivity index (χ3n) is 7.38. The molecule has 0 bridgehead atoms. The van der Waals surface area contributed by atoms with Crippen molar-refractivity contribution in [3.8, 4) is 5.75 Å². The van der Waals surface area contributed by atoms with E-state index in [1.165, 1.54) is 43.1 Å². The van der Waals surface area contributed by atoms with E-state index in [-0.39, 0.29) is 6.07 Å². The van der Waals surface area contributed by atoms with E-state index in [1.807, 2.05) is 0 Å². The summed E-state index contributed by atoms with van der Waals surface area (Å²) in [5.41, 5.74) is -0.545. The molecule has 0 fully saturated rings. The number of amides is 1. The first-order valence-electron chi connectivity index (χ1n) is 14.9. The molecule has 0 N–H and O–H groups in total. The van der Waals surface area contributed by atoms with E-state index in [0.717, 1.165) is 24.2 Å². The van der Waals surface area contributed by atoms with Crippen LogP contribution in [0, 0.1) is 23.3 Å². The number of benzene rings is 2. The number of carbonyl (C=O) groups excluding carboxylic acids is 2. The van der Waals surface area contributed by atoms with Crippen LogP contribution in [-0.2, 0) is 9.53 Å². The molecule has 0 saturated heterocycles. The topological polar surface area (TPSA) is 55.8 Å². The van der Waals surface area contributed by atoms with Gasteiger partial charge in [-0.2, -0.15) is 0 Å². The Hall–Kier alpha value is -2.30. The van der Waals surface area contributed by atoms with Crippen molar-refractivity contribution in [3.63, 3.8) is 0 Å². The molecule has 42 heavy (non-hydrogen) atoms. The molecule has 0 spiro atoms. The summed E-state index contributed by atoms with van der Waals surface area (Å²) in [4.78, 5) is 27.5. The molecule has 0 heterocycles. The summed E-state index contributed by atoms with van der Waals surface area (Å²) < 4.78 is 70.7. The fraction of sp³-hybridized carbons (Fsp3) is 0.562. The number of halogens is 4. The van der Waals surface area contributed by atoms with Crippen LogP contribution in [-0.4, -0.2) is 42.1 Å². The Morgan fingerprint density at radius 2 is 1.33 bits per heavy atom. The molecule has 1 unspecified atom stereocenters. The summed E-state index contributed by atoms with van der Waals surface area (Å²) in [5, 5.41) is 0. The average molecular weight is 702 g/mol. The van der Waals surface area contributed by atoms with Crippen molar-refractivity contribution in [1.82, 2.24) is 0 Å². The Bertz CT molecular complexity index is 1180. The van der Waals surface area contributed by atoms with Crippen LogP contribution in [0.4, 0.5) is 28.0 Å². The maximum atomic E-state index is 14.2. The predicted octanol–water partition coefficient (Wildman–Crippen LogP) is 9.03. The zero-order valence-corrected chi connectivity index (χ0v) is 28.8. The van der Waals surface area contributed by atoms with Gasteiger partial charge >= 0.3 is 248 Å². The SMILES string of the molecule is CCC[CH2][Sn]([CH2]CCC)([CH2]CCC)[c]1ccc(N(C(=O)OC(C)(C)C)C(C)C(=O)Oc2cc(F)c(F)c(F)c2F)cc1. The first-order chi connectivity index (χ1) is 19.7. The van der Waals surface area contributed by atoms with E-state index in [9.17, 15) is 27.2 Å². The minimum atomic E-state index is -2.79. The van der Waals surface area contributed by atoms with Gasteiger partial charge in [-0.1, -0.05) is 0 Å². The number of nitrogens with zero attached hydrogens (tertiary/aromatic N) is 1. The Kier molecular flexibility index (Phi) is 13.6. The van der Waals surface area contributed by atoms with E-state index in [4.69, 9.17) is 9.47 Å². The Labute approximate surface area is 251 Å². The van der Waals surface area contributed by atoms with Crippen molar-refractivity contribution in [2.75, 3.05) is 4.90 Å². The first-order valence-corrected chi connectivity index (χ1v) is 22.4. The molecule has 10 heteroatoms. The summed E-state index contributed by atoms with van der Waals surface area (Å²) in [7, 11) is 0. The second-order valence-corrected chi connectivity index (χ2v) is 25.1. The molecule has 2 rings (SSSR count). The van der Waals surface area contributed by atoms with Gasteiger partial charge in [0.1, 0.15) is 0 Å². The third kappa shape index (κ3) is 9.35. The van der Waals surface area contributed by atoms with Crippen LogP contribution in [0.25, 0.3) is 0 Å². The van der Waals surface area contributed by atoms with Crippen LogP contribution in [0.2, 0.25) is 13.3 Å². The van der Waals surface area contributed by atoms with Crippen molar-refractivity contribution in [3.05, 3.63) is 53.6 Å². The van der Waals surface area contributed by atoms with Crippen LogP contribution < -0.4 is 13.2 Å². The Morgan fingerprint density at radius 1 is 0.833 bits per heavy atom. The number of hydrogen-bond acceptors (Lipinski definition) is 4. The molecule has 0 aliphatic carbocycles. The molecule has 0 aliphatic heterocycles. The standard InChI is InChI=1S/C20H18F4NO4.3C4H9.Sn/c1-11(18(26)28-14-10-13(21)15(22)17(24)16(14)23)25(12-8-6-5-7-9-12)19(27)29-20(2,3)4;3*1-3-4-2;/h6-11H,1-4H3;3*1,3-4H2,2H3;. The van der Waals surface area contributed by atoms with Gasteiger partial charge in [0.15, 0.2) is 0 Å². The van der Waals surface area contributed by atoms with Crippen molar-refractivity contribution in [1.29, 1.82) is 0 Å². The van der Waals surface area contributed by atoms with Gasteiger partial charge in [0.25, 0.3) is 0 Å². The predicted molar refractivity (Wildman–Crippen MR) is 161 cm³/mol. The Morgan fingerprint density at radius 3 is 1.79 bits per heavy atom. The number of ether oxygens (including phenoxy) is 2. The molecule has 1 atom stereocenters. The summed E-state index contributed by atoms with van der Waals surface area (Å²) in [6, 6.07) is 6.57. The molecular formula is C32H45F4NO4Sn. The molecule has 5 nitrogen and oxygen atoms in total. The van der Waals surface area contributed by atoms with Crippen molar-refractivity contribution < 1.29 is 36.6 Å². The molecule has 0 aromatic heterocycles. The maximum absolute atomic E-state index is 14.2. The summed E-state index contributed by atoms with van der Waals surface area (Å²) in [6.45, 7) is 13.0. The zero-order chi connectivity index (χ0) is 31.7. The fourth-order valence-corrected chi connectivity index (χ4v) is 21.0. The van der Waals surface area contributed by atoms with Crippen molar-refractivity contribution in [2.45, 2.75) is 112 Å². The van der Waals surface area contributed by atoms with Gasteiger partial charge in [0.05, 0.1) is 0 Å². The van der Waals surface area contributed by atoms with Crippen LogP contribution >= 0.6 is 0 Å². The number of anilines is 1. The van der Waals surface area contributed by atoms with Gasteiger partial charge < -0.3 is 0 Å². The number of hydrogen-bond donors (Lipinski definition) is 0. The Balaban J connectivity index is 2.51. The van der Waals surface area contributed by atoms with E-state index < -0.39 is 71.1 Å². The molecule has 2 aromatic rings. The van der Waals surface area contributed by atoms with Gasteiger partial charge in [0, 0.05) is 0 Å². The molecule has 2 aromatic carbocycles. The van der Waals surface area contributed by atoms with Crippen LogP contribution in [0.15, 0.2) is 30.3 Å². The second kappa shape index (κ2) is 16.0. The molecule has 0 aliphatic rings. The first kappa shape index (κ1) is 35.9. The summed E-state index contributed by atoms with van der Waals surface area (Å²) in [6.07, 6.45) is 6.07. The van der Waals surface area contributed by atoms with Crippen molar-refractivity contribution in [2.24, 2.45) is 0 Å². The minimum absolute atomic E-state index is 0.250. The van der Waals surface area contributed by atoms with Gasteiger partial charge in [-0.15, -0.1) is 0 Å². The number of unbranched alkanes of at least 4 members (excludes halogenated alkanes) is 3. The second-order valence-electron chi connectivity index (χ2n) is 11.9. The quantitative estimate of drug-likeness (QED) is 0.0493. The number of carbonyl (C=O) groups is 2. The number of rotatable bonds is 14. The van der Waals surface area contributed by atoms with Gasteiger partial charge in [-0.25, -0.2) is 4.39 Å². The van der Waals surface area contributed by atoms with E-state index in [2.05, 4.69) is 32.9 Å². The summed E-state index contributed by atoms with van der Waals surface area (Å²) >= 11 is -2.79. The molecule has 0 saturated carbocycles. The normalized spacial score (nSPS) is 12.6. The van der Waals surface area contributed by atoms with Crippen LogP contribution in [0.3, 0.4) is 0 Å². The average Bonchev–Trinajstić information content (AvgIpc) is 2.94. The monoisotopic (exact) mass is 703 g/mol.